The molecule has 2 rings (SSSR count). The van der Waals surface area contributed by atoms with Crippen LogP contribution >= 0.6 is 11.6 Å². The first-order valence-corrected chi connectivity index (χ1v) is 6.79. The van der Waals surface area contributed by atoms with Gasteiger partial charge in [-0.2, -0.15) is 0 Å². The fraction of sp³-hybridized carbons (Fsp3) is 0.462. The Balaban J connectivity index is 2.60. The van der Waals surface area contributed by atoms with Gasteiger partial charge < -0.3 is 10.0 Å². The summed E-state index contributed by atoms with van der Waals surface area (Å²) >= 11 is 5.59. The van der Waals surface area contributed by atoms with Gasteiger partial charge in [-0.05, 0) is 26.2 Å². The SMILES string of the molecule is CC1(C(=O)O)CCCCN1c1cc(F)c(Cl)cc1[N+](=O)[O-]. The maximum atomic E-state index is 13.7. The molecule has 1 aromatic rings. The zero-order valence-corrected chi connectivity index (χ0v) is 12.1. The number of hydrogen-bond acceptors (Lipinski definition) is 4. The first kappa shape index (κ1) is 15.5. The van der Waals surface area contributed by atoms with Gasteiger partial charge in [0.1, 0.15) is 17.0 Å². The van der Waals surface area contributed by atoms with E-state index in [1.165, 1.54) is 11.8 Å². The quantitative estimate of drug-likeness (QED) is 0.683. The molecule has 0 aliphatic carbocycles. The molecular weight excluding hydrogens is 303 g/mol. The lowest BCUT2D eigenvalue weighted by atomic mass is 9.87. The van der Waals surface area contributed by atoms with Gasteiger partial charge in [-0.15, -0.1) is 0 Å². The number of nitro benzene ring substituents is 1. The molecular formula is C13H14ClFN2O4. The predicted octanol–water partition coefficient (Wildman–Crippen LogP) is 3.22. The monoisotopic (exact) mass is 316 g/mol. The third-order valence-corrected chi connectivity index (χ3v) is 4.15. The number of benzene rings is 1. The van der Waals surface area contributed by atoms with E-state index in [4.69, 9.17) is 11.6 Å². The molecule has 0 bridgehead atoms. The number of anilines is 1. The molecule has 1 saturated heterocycles. The molecule has 0 saturated carbocycles. The van der Waals surface area contributed by atoms with Gasteiger partial charge in [-0.25, -0.2) is 9.18 Å². The molecule has 1 unspecified atom stereocenters. The smallest absolute Gasteiger partial charge is 0.329 e. The first-order chi connectivity index (χ1) is 9.77. The Morgan fingerprint density at radius 3 is 2.76 bits per heavy atom. The Hall–Kier alpha value is -1.89. The van der Waals surface area contributed by atoms with Crippen molar-refractivity contribution in [1.82, 2.24) is 0 Å². The summed E-state index contributed by atoms with van der Waals surface area (Å²) in [6, 6.07) is 1.86. The summed E-state index contributed by atoms with van der Waals surface area (Å²) < 4.78 is 13.7. The van der Waals surface area contributed by atoms with Crippen molar-refractivity contribution in [1.29, 1.82) is 0 Å². The van der Waals surface area contributed by atoms with Gasteiger partial charge in [-0.1, -0.05) is 11.6 Å². The molecule has 8 heteroatoms. The highest BCUT2D eigenvalue weighted by Crippen LogP contribution is 2.40. The van der Waals surface area contributed by atoms with Crippen molar-refractivity contribution in [3.63, 3.8) is 0 Å². The number of piperidine rings is 1. The van der Waals surface area contributed by atoms with Gasteiger partial charge in [0.15, 0.2) is 0 Å². The highest BCUT2D eigenvalue weighted by Gasteiger charge is 2.43. The molecule has 0 aromatic heterocycles. The van der Waals surface area contributed by atoms with Crippen LogP contribution < -0.4 is 4.90 Å². The number of nitrogens with zero attached hydrogens (tertiary/aromatic N) is 2. The molecule has 6 nitrogen and oxygen atoms in total. The van der Waals surface area contributed by atoms with Crippen molar-refractivity contribution in [3.8, 4) is 0 Å². The number of carboxylic acid groups (broad SMARTS) is 1. The van der Waals surface area contributed by atoms with E-state index in [2.05, 4.69) is 0 Å². The molecule has 114 valence electrons. The van der Waals surface area contributed by atoms with Crippen molar-refractivity contribution in [2.24, 2.45) is 0 Å². The molecule has 1 aliphatic rings. The van der Waals surface area contributed by atoms with Crippen LogP contribution in [0.4, 0.5) is 15.8 Å². The summed E-state index contributed by atoms with van der Waals surface area (Å²) in [6.07, 6.45) is 1.72. The fourth-order valence-electron chi connectivity index (χ4n) is 2.62. The highest BCUT2D eigenvalue weighted by atomic mass is 35.5. The third kappa shape index (κ3) is 2.65. The first-order valence-electron chi connectivity index (χ1n) is 6.42. The van der Waals surface area contributed by atoms with Gasteiger partial charge in [0.25, 0.3) is 5.69 Å². The molecule has 0 spiro atoms. The molecule has 0 amide bonds. The van der Waals surface area contributed by atoms with Crippen molar-refractivity contribution in [2.75, 3.05) is 11.4 Å². The molecule has 1 N–H and O–H groups in total. The molecule has 1 heterocycles. The number of halogens is 2. The third-order valence-electron chi connectivity index (χ3n) is 3.86. The van der Waals surface area contributed by atoms with E-state index in [0.717, 1.165) is 12.1 Å². The second kappa shape index (κ2) is 5.48. The Kier molecular flexibility index (Phi) is 4.04. The van der Waals surface area contributed by atoms with E-state index >= 15 is 0 Å². The van der Waals surface area contributed by atoms with Crippen LogP contribution in [0.1, 0.15) is 26.2 Å². The summed E-state index contributed by atoms with van der Waals surface area (Å²) in [6.45, 7) is 1.80. The molecule has 1 aromatic carbocycles. The Labute approximate surface area is 125 Å². The lowest BCUT2D eigenvalue weighted by molar-refractivity contribution is -0.384. The number of nitro groups is 1. The van der Waals surface area contributed by atoms with Crippen LogP contribution in [0.2, 0.25) is 5.02 Å². The van der Waals surface area contributed by atoms with Crippen molar-refractivity contribution in [2.45, 2.75) is 31.7 Å². The van der Waals surface area contributed by atoms with E-state index in [0.29, 0.717) is 25.8 Å². The minimum absolute atomic E-state index is 0.0495. The van der Waals surface area contributed by atoms with Gasteiger partial charge in [0, 0.05) is 18.7 Å². The van der Waals surface area contributed by atoms with E-state index in [9.17, 15) is 24.4 Å². The summed E-state index contributed by atoms with van der Waals surface area (Å²) in [5.41, 5.74) is -1.74. The molecule has 21 heavy (non-hydrogen) atoms. The van der Waals surface area contributed by atoms with E-state index in [1.54, 1.807) is 0 Å². The fourth-order valence-corrected chi connectivity index (χ4v) is 2.78. The predicted molar refractivity (Wildman–Crippen MR) is 75.3 cm³/mol. The number of hydrogen-bond donors (Lipinski definition) is 1. The van der Waals surface area contributed by atoms with E-state index in [-0.39, 0.29) is 10.7 Å². The zero-order chi connectivity index (χ0) is 15.8. The lowest BCUT2D eigenvalue weighted by Crippen LogP contribution is -2.55. The molecule has 1 aliphatic heterocycles. The lowest BCUT2D eigenvalue weighted by Gasteiger charge is -2.42. The van der Waals surface area contributed by atoms with E-state index < -0.39 is 27.9 Å². The van der Waals surface area contributed by atoms with Crippen LogP contribution in [0.5, 0.6) is 0 Å². The van der Waals surface area contributed by atoms with Gasteiger partial charge in [-0.3, -0.25) is 10.1 Å². The second-order valence-electron chi connectivity index (χ2n) is 5.20. The average Bonchev–Trinajstić information content (AvgIpc) is 2.41. The van der Waals surface area contributed by atoms with Crippen LogP contribution in [0.15, 0.2) is 12.1 Å². The molecule has 1 fully saturated rings. The topological polar surface area (TPSA) is 83.7 Å². The van der Waals surface area contributed by atoms with Crippen LogP contribution in [0, 0.1) is 15.9 Å². The van der Waals surface area contributed by atoms with Crippen molar-refractivity contribution < 1.29 is 19.2 Å². The highest BCUT2D eigenvalue weighted by molar-refractivity contribution is 6.31. The van der Waals surface area contributed by atoms with E-state index in [1.807, 2.05) is 0 Å². The van der Waals surface area contributed by atoms with Crippen LogP contribution in [0.3, 0.4) is 0 Å². The van der Waals surface area contributed by atoms with Gasteiger partial charge in [0.2, 0.25) is 0 Å². The Morgan fingerprint density at radius 2 is 2.19 bits per heavy atom. The van der Waals surface area contributed by atoms with Crippen molar-refractivity contribution >= 4 is 28.9 Å². The number of aliphatic carboxylic acids is 1. The van der Waals surface area contributed by atoms with Crippen molar-refractivity contribution in [3.05, 3.63) is 33.1 Å². The van der Waals surface area contributed by atoms with Crippen LogP contribution in [-0.4, -0.2) is 28.1 Å². The summed E-state index contributed by atoms with van der Waals surface area (Å²) in [5, 5.41) is 20.2. The summed E-state index contributed by atoms with van der Waals surface area (Å²) in [7, 11) is 0. The van der Waals surface area contributed by atoms with Crippen LogP contribution in [0.25, 0.3) is 0 Å². The Bertz CT molecular complexity index is 610. The number of carbonyl (C=O) groups is 1. The van der Waals surface area contributed by atoms with Gasteiger partial charge >= 0.3 is 5.97 Å². The summed E-state index contributed by atoms with van der Waals surface area (Å²) in [4.78, 5) is 23.4. The standard InChI is InChI=1S/C13H14ClFN2O4/c1-13(12(18)19)4-2-3-5-16(13)10-7-9(15)8(14)6-11(10)17(20)21/h6-7H,2-5H2,1H3,(H,18,19). The van der Waals surface area contributed by atoms with Gasteiger partial charge in [0.05, 0.1) is 9.95 Å². The minimum atomic E-state index is -1.30. The normalized spacial score (nSPS) is 22.1. The molecule has 1 atom stereocenters. The number of carboxylic acids is 1. The average molecular weight is 317 g/mol. The maximum Gasteiger partial charge on any atom is 0.329 e. The molecule has 0 radical (unpaired) electrons. The zero-order valence-electron chi connectivity index (χ0n) is 11.3. The second-order valence-corrected chi connectivity index (χ2v) is 5.61. The summed E-state index contributed by atoms with van der Waals surface area (Å²) in [5.74, 6) is -1.90. The maximum absolute atomic E-state index is 13.7. The largest absolute Gasteiger partial charge is 0.480 e. The van der Waals surface area contributed by atoms with Crippen LogP contribution in [-0.2, 0) is 4.79 Å². The Morgan fingerprint density at radius 1 is 1.52 bits per heavy atom. The number of rotatable bonds is 3. The minimum Gasteiger partial charge on any atom is -0.480 e.